The van der Waals surface area contributed by atoms with Gasteiger partial charge in [0.05, 0.1) is 5.92 Å². The summed E-state index contributed by atoms with van der Waals surface area (Å²) in [6.07, 6.45) is 3.51. The zero-order valence-electron chi connectivity index (χ0n) is 16.1. The van der Waals surface area contributed by atoms with E-state index >= 15 is 0 Å². The van der Waals surface area contributed by atoms with Crippen LogP contribution in [0.25, 0.3) is 0 Å². The lowest BCUT2D eigenvalue weighted by Crippen LogP contribution is -2.48. The molecular formula is C18H29N3O4S. The second-order valence-corrected chi connectivity index (χ2v) is 9.72. The molecule has 2 atom stereocenters. The summed E-state index contributed by atoms with van der Waals surface area (Å²) < 4.78 is 32.6. The first-order valence-corrected chi connectivity index (χ1v) is 10.9. The van der Waals surface area contributed by atoms with Gasteiger partial charge < -0.3 is 9.42 Å². The zero-order valence-corrected chi connectivity index (χ0v) is 16.9. The van der Waals surface area contributed by atoms with Gasteiger partial charge in [-0.05, 0) is 45.4 Å². The predicted octanol–water partition coefficient (Wildman–Crippen LogP) is 2.34. The molecule has 8 heteroatoms. The molecular weight excluding hydrogens is 354 g/mol. The number of hydrogen-bond acceptors (Lipinski definition) is 5. The number of hydrogen-bond donors (Lipinski definition) is 0. The van der Waals surface area contributed by atoms with Crippen molar-refractivity contribution in [3.8, 4) is 0 Å². The van der Waals surface area contributed by atoms with Gasteiger partial charge in [0.1, 0.15) is 10.6 Å². The Labute approximate surface area is 155 Å². The average Bonchev–Trinajstić information content (AvgIpc) is 3.21. The molecule has 1 aromatic heterocycles. The fourth-order valence-corrected chi connectivity index (χ4v) is 6.14. The summed E-state index contributed by atoms with van der Waals surface area (Å²) in [7, 11) is -3.69. The van der Waals surface area contributed by atoms with Gasteiger partial charge in [-0.25, -0.2) is 8.42 Å². The SMILES string of the molecule is Cc1noc(C)c1S(=O)(=O)N1CCCC(C(=O)N2CCCC2C(C)C)C1. The summed E-state index contributed by atoms with van der Waals surface area (Å²) >= 11 is 0. The van der Waals surface area contributed by atoms with Crippen LogP contribution in [0, 0.1) is 25.7 Å². The standard InChI is InChI=1S/C18H29N3O4S/c1-12(2)16-8-6-10-21(16)18(22)15-7-5-9-20(11-15)26(23,24)17-13(3)19-25-14(17)4/h12,15-16H,5-11H2,1-4H3. The molecule has 7 nitrogen and oxygen atoms in total. The molecule has 1 aromatic rings. The van der Waals surface area contributed by atoms with Gasteiger partial charge in [-0.3, -0.25) is 4.79 Å². The van der Waals surface area contributed by atoms with Gasteiger partial charge in [-0.15, -0.1) is 0 Å². The maximum absolute atomic E-state index is 13.1. The molecule has 26 heavy (non-hydrogen) atoms. The van der Waals surface area contributed by atoms with Crippen molar-refractivity contribution in [2.45, 2.75) is 64.3 Å². The van der Waals surface area contributed by atoms with E-state index in [-0.39, 0.29) is 29.3 Å². The van der Waals surface area contributed by atoms with E-state index in [4.69, 9.17) is 4.52 Å². The quantitative estimate of drug-likeness (QED) is 0.797. The monoisotopic (exact) mass is 383 g/mol. The zero-order chi connectivity index (χ0) is 19.1. The molecule has 3 rings (SSSR count). The number of aromatic nitrogens is 1. The molecule has 2 fully saturated rings. The number of carbonyl (C=O) groups excluding carboxylic acids is 1. The van der Waals surface area contributed by atoms with Crippen LogP contribution in [0.5, 0.6) is 0 Å². The van der Waals surface area contributed by atoms with Crippen LogP contribution in [0.3, 0.4) is 0 Å². The number of likely N-dealkylation sites (tertiary alicyclic amines) is 1. The van der Waals surface area contributed by atoms with Crippen molar-refractivity contribution in [2.75, 3.05) is 19.6 Å². The second kappa shape index (κ2) is 7.31. The normalized spacial score (nSPS) is 25.2. The van der Waals surface area contributed by atoms with Crippen LogP contribution in [-0.2, 0) is 14.8 Å². The molecule has 2 aliphatic rings. The third kappa shape index (κ3) is 3.41. The molecule has 0 bridgehead atoms. The summed E-state index contributed by atoms with van der Waals surface area (Å²) in [6, 6.07) is 0.275. The van der Waals surface area contributed by atoms with Crippen molar-refractivity contribution in [3.63, 3.8) is 0 Å². The van der Waals surface area contributed by atoms with Crippen LogP contribution in [0.2, 0.25) is 0 Å². The Balaban J connectivity index is 1.78. The van der Waals surface area contributed by atoms with Gasteiger partial charge in [0.15, 0.2) is 5.76 Å². The summed E-state index contributed by atoms with van der Waals surface area (Å²) in [5, 5.41) is 3.77. The summed E-state index contributed by atoms with van der Waals surface area (Å²) in [4.78, 5) is 15.2. The Kier molecular flexibility index (Phi) is 5.44. The number of carbonyl (C=O) groups is 1. The topological polar surface area (TPSA) is 83.7 Å². The lowest BCUT2D eigenvalue weighted by atomic mass is 9.96. The molecule has 2 unspecified atom stereocenters. The van der Waals surface area contributed by atoms with E-state index in [1.54, 1.807) is 13.8 Å². The maximum atomic E-state index is 13.1. The highest BCUT2D eigenvalue weighted by Gasteiger charge is 2.40. The Morgan fingerprint density at radius 1 is 1.19 bits per heavy atom. The van der Waals surface area contributed by atoms with Crippen molar-refractivity contribution in [1.29, 1.82) is 0 Å². The lowest BCUT2D eigenvalue weighted by Gasteiger charge is -2.36. The molecule has 0 N–H and O–H groups in total. The van der Waals surface area contributed by atoms with Gasteiger partial charge in [0, 0.05) is 25.7 Å². The largest absolute Gasteiger partial charge is 0.360 e. The van der Waals surface area contributed by atoms with E-state index in [2.05, 4.69) is 19.0 Å². The average molecular weight is 384 g/mol. The smallest absolute Gasteiger partial charge is 0.248 e. The van der Waals surface area contributed by atoms with Gasteiger partial charge in [-0.2, -0.15) is 4.31 Å². The highest BCUT2D eigenvalue weighted by molar-refractivity contribution is 7.89. The molecule has 0 radical (unpaired) electrons. The lowest BCUT2D eigenvalue weighted by molar-refractivity contribution is -0.138. The van der Waals surface area contributed by atoms with Gasteiger partial charge in [-0.1, -0.05) is 19.0 Å². The van der Waals surface area contributed by atoms with Gasteiger partial charge in [0.25, 0.3) is 0 Å². The van der Waals surface area contributed by atoms with E-state index in [0.717, 1.165) is 25.8 Å². The third-order valence-electron chi connectivity index (χ3n) is 5.65. The number of sulfonamides is 1. The molecule has 3 heterocycles. The van der Waals surface area contributed by atoms with E-state index in [0.29, 0.717) is 30.3 Å². The van der Waals surface area contributed by atoms with Crippen LogP contribution in [0.15, 0.2) is 9.42 Å². The number of piperidine rings is 1. The number of nitrogens with zero attached hydrogens (tertiary/aromatic N) is 3. The molecule has 0 saturated carbocycles. The van der Waals surface area contributed by atoms with Crippen molar-refractivity contribution in [1.82, 2.24) is 14.4 Å². The first-order valence-electron chi connectivity index (χ1n) is 9.47. The Bertz CT molecular complexity index is 752. The summed E-state index contributed by atoms with van der Waals surface area (Å²) in [5.41, 5.74) is 0.371. The maximum Gasteiger partial charge on any atom is 0.248 e. The van der Waals surface area contributed by atoms with Gasteiger partial charge in [0.2, 0.25) is 15.9 Å². The van der Waals surface area contributed by atoms with Crippen LogP contribution in [0.4, 0.5) is 0 Å². The van der Waals surface area contributed by atoms with Crippen molar-refractivity contribution < 1.29 is 17.7 Å². The molecule has 0 aliphatic carbocycles. The highest BCUT2D eigenvalue weighted by Crippen LogP contribution is 2.31. The Hall–Kier alpha value is -1.41. The fourth-order valence-electron chi connectivity index (χ4n) is 4.33. The first-order chi connectivity index (χ1) is 12.2. The van der Waals surface area contributed by atoms with Crippen molar-refractivity contribution in [2.24, 2.45) is 11.8 Å². The third-order valence-corrected chi connectivity index (χ3v) is 7.76. The fraction of sp³-hybridized carbons (Fsp3) is 0.778. The Morgan fingerprint density at radius 3 is 2.50 bits per heavy atom. The number of aryl methyl sites for hydroxylation is 2. The summed E-state index contributed by atoms with van der Waals surface area (Å²) in [6.45, 7) is 8.99. The first kappa shape index (κ1) is 19.4. The predicted molar refractivity (Wildman–Crippen MR) is 97.0 cm³/mol. The molecule has 2 saturated heterocycles. The highest BCUT2D eigenvalue weighted by atomic mass is 32.2. The van der Waals surface area contributed by atoms with E-state index < -0.39 is 10.0 Å². The van der Waals surface area contributed by atoms with Gasteiger partial charge >= 0.3 is 0 Å². The molecule has 0 aromatic carbocycles. The summed E-state index contributed by atoms with van der Waals surface area (Å²) in [5.74, 6) is 0.570. The second-order valence-electron chi connectivity index (χ2n) is 7.84. The van der Waals surface area contributed by atoms with Crippen LogP contribution in [-0.4, -0.2) is 54.4 Å². The van der Waals surface area contributed by atoms with Crippen LogP contribution >= 0.6 is 0 Å². The number of amides is 1. The minimum absolute atomic E-state index is 0.111. The van der Waals surface area contributed by atoms with Crippen LogP contribution in [0.1, 0.15) is 51.0 Å². The molecule has 0 spiro atoms. The molecule has 146 valence electrons. The van der Waals surface area contributed by atoms with Crippen LogP contribution < -0.4 is 0 Å². The van der Waals surface area contributed by atoms with Crippen molar-refractivity contribution >= 4 is 15.9 Å². The van der Waals surface area contributed by atoms with E-state index in [1.807, 2.05) is 4.90 Å². The van der Waals surface area contributed by atoms with E-state index in [1.165, 1.54) is 4.31 Å². The number of rotatable bonds is 4. The Morgan fingerprint density at radius 2 is 1.88 bits per heavy atom. The van der Waals surface area contributed by atoms with Crippen molar-refractivity contribution in [3.05, 3.63) is 11.5 Å². The molecule has 2 aliphatic heterocycles. The minimum Gasteiger partial charge on any atom is -0.360 e. The van der Waals surface area contributed by atoms with E-state index in [9.17, 15) is 13.2 Å². The minimum atomic E-state index is -3.69. The molecule has 1 amide bonds.